The van der Waals surface area contributed by atoms with Crippen LogP contribution in [0.25, 0.3) is 0 Å². The highest BCUT2D eigenvalue weighted by Crippen LogP contribution is 2.24. The summed E-state index contributed by atoms with van der Waals surface area (Å²) >= 11 is 7.97. The summed E-state index contributed by atoms with van der Waals surface area (Å²) in [6, 6.07) is 24.3. The standard InChI is InChI=1S/C30H34ClNO6S/c1-2-36-28(29(33)34)22-23-14-16-24(17-15-23)37-20-19-32(30(35)38-27-13-7-6-12-26(27)31)18-8-9-21-39-25-10-4-3-5-11-25/h3-7,10-17,28H,2,8-9,18-22H2,1H3,(H,33,34). The van der Waals surface area contributed by atoms with Crippen molar-refractivity contribution in [3.05, 3.63) is 89.4 Å². The van der Waals surface area contributed by atoms with Gasteiger partial charge in [-0.2, -0.15) is 0 Å². The minimum atomic E-state index is -0.986. The average molecular weight is 572 g/mol. The number of carboxylic acids is 1. The fraction of sp³-hybridized carbons (Fsp3) is 0.333. The van der Waals surface area contributed by atoms with Crippen LogP contribution in [0.5, 0.6) is 11.5 Å². The first kappa shape index (κ1) is 30.3. The van der Waals surface area contributed by atoms with Crippen molar-refractivity contribution in [3.63, 3.8) is 0 Å². The molecule has 0 fully saturated rings. The van der Waals surface area contributed by atoms with E-state index >= 15 is 0 Å². The molecule has 0 aliphatic heterocycles. The molecule has 3 rings (SSSR count). The number of hydrogen-bond acceptors (Lipinski definition) is 6. The van der Waals surface area contributed by atoms with Crippen LogP contribution in [-0.4, -0.2) is 60.2 Å². The molecule has 0 bridgehead atoms. The van der Waals surface area contributed by atoms with Crippen LogP contribution in [0.1, 0.15) is 25.3 Å². The van der Waals surface area contributed by atoms with E-state index in [0.717, 1.165) is 24.2 Å². The van der Waals surface area contributed by atoms with Gasteiger partial charge in [0.05, 0.1) is 11.6 Å². The van der Waals surface area contributed by atoms with Crippen LogP contribution in [0.3, 0.4) is 0 Å². The Balaban J connectivity index is 1.51. The molecule has 7 nitrogen and oxygen atoms in total. The minimum Gasteiger partial charge on any atom is -0.492 e. The highest BCUT2D eigenvalue weighted by atomic mass is 35.5. The van der Waals surface area contributed by atoms with E-state index in [1.807, 2.05) is 30.3 Å². The monoisotopic (exact) mass is 571 g/mol. The molecule has 39 heavy (non-hydrogen) atoms. The number of para-hydroxylation sites is 1. The van der Waals surface area contributed by atoms with Crippen molar-refractivity contribution in [1.29, 1.82) is 0 Å². The molecule has 0 aliphatic carbocycles. The van der Waals surface area contributed by atoms with Gasteiger partial charge in [-0.05, 0) is 67.5 Å². The van der Waals surface area contributed by atoms with Crippen molar-refractivity contribution < 1.29 is 28.9 Å². The largest absolute Gasteiger partial charge is 0.492 e. The van der Waals surface area contributed by atoms with Gasteiger partial charge >= 0.3 is 12.1 Å². The first-order valence-electron chi connectivity index (χ1n) is 12.9. The molecular weight excluding hydrogens is 538 g/mol. The zero-order valence-corrected chi connectivity index (χ0v) is 23.5. The molecule has 1 atom stereocenters. The summed E-state index contributed by atoms with van der Waals surface area (Å²) in [4.78, 5) is 27.2. The number of nitrogens with zero attached hydrogens (tertiary/aromatic N) is 1. The van der Waals surface area contributed by atoms with Gasteiger partial charge in [0.1, 0.15) is 12.4 Å². The molecule has 1 unspecified atom stereocenters. The Morgan fingerprint density at radius 2 is 1.67 bits per heavy atom. The maximum Gasteiger partial charge on any atom is 0.415 e. The van der Waals surface area contributed by atoms with Crippen molar-refractivity contribution in [1.82, 2.24) is 4.90 Å². The molecule has 1 amide bonds. The Bertz CT molecular complexity index is 1160. The molecule has 9 heteroatoms. The second-order valence-corrected chi connectivity index (χ2v) is 10.2. The van der Waals surface area contributed by atoms with E-state index in [1.165, 1.54) is 4.90 Å². The van der Waals surface area contributed by atoms with Gasteiger partial charge in [-0.15, -0.1) is 11.8 Å². The Kier molecular flexibility index (Phi) is 13.0. The molecular formula is C30H34ClNO6S. The number of aliphatic carboxylic acids is 1. The van der Waals surface area contributed by atoms with Crippen molar-refractivity contribution >= 4 is 35.4 Å². The number of unbranched alkanes of at least 4 members (excludes halogenated alkanes) is 1. The number of rotatable bonds is 16. The summed E-state index contributed by atoms with van der Waals surface area (Å²) in [5.41, 5.74) is 0.835. The third-order valence-electron chi connectivity index (χ3n) is 5.74. The molecule has 3 aromatic carbocycles. The number of amides is 1. The topological polar surface area (TPSA) is 85.3 Å². The molecule has 0 aromatic heterocycles. The Labute approximate surface area is 239 Å². The van der Waals surface area contributed by atoms with Gasteiger partial charge < -0.3 is 24.2 Å². The first-order valence-corrected chi connectivity index (χ1v) is 14.3. The van der Waals surface area contributed by atoms with Crippen LogP contribution >= 0.6 is 23.4 Å². The summed E-state index contributed by atoms with van der Waals surface area (Å²) in [6.45, 7) is 3.23. The molecule has 1 N–H and O–H groups in total. The number of benzene rings is 3. The van der Waals surface area contributed by atoms with Crippen molar-refractivity contribution in [2.24, 2.45) is 0 Å². The van der Waals surface area contributed by atoms with E-state index in [2.05, 4.69) is 12.1 Å². The maximum absolute atomic E-state index is 13.0. The summed E-state index contributed by atoms with van der Waals surface area (Å²) in [5, 5.41) is 9.66. The second kappa shape index (κ2) is 16.7. The predicted octanol–water partition coefficient (Wildman–Crippen LogP) is 6.82. The maximum atomic E-state index is 13.0. The van der Waals surface area contributed by atoms with Crippen LogP contribution in [0.2, 0.25) is 5.02 Å². The van der Waals surface area contributed by atoms with E-state index in [-0.39, 0.29) is 13.0 Å². The van der Waals surface area contributed by atoms with Gasteiger partial charge in [-0.1, -0.05) is 54.1 Å². The molecule has 0 saturated carbocycles. The van der Waals surface area contributed by atoms with Gasteiger partial charge in [0.25, 0.3) is 0 Å². The Morgan fingerprint density at radius 3 is 2.36 bits per heavy atom. The number of carbonyl (C=O) groups excluding carboxylic acids is 1. The van der Waals surface area contributed by atoms with E-state index in [1.54, 1.807) is 60.0 Å². The quantitative estimate of drug-likeness (QED) is 0.149. The normalized spacial score (nSPS) is 11.5. The van der Waals surface area contributed by atoms with Gasteiger partial charge in [-0.3, -0.25) is 0 Å². The molecule has 0 aliphatic rings. The molecule has 0 heterocycles. The smallest absolute Gasteiger partial charge is 0.415 e. The molecule has 208 valence electrons. The molecule has 0 saturated heterocycles. The van der Waals surface area contributed by atoms with Crippen LogP contribution < -0.4 is 9.47 Å². The van der Waals surface area contributed by atoms with E-state index < -0.39 is 18.2 Å². The lowest BCUT2D eigenvalue weighted by atomic mass is 10.1. The van der Waals surface area contributed by atoms with Crippen molar-refractivity contribution in [2.45, 2.75) is 37.2 Å². The highest BCUT2D eigenvalue weighted by Gasteiger charge is 2.19. The molecule has 0 radical (unpaired) electrons. The average Bonchev–Trinajstić information content (AvgIpc) is 2.94. The lowest BCUT2D eigenvalue weighted by Crippen LogP contribution is -2.37. The zero-order valence-electron chi connectivity index (χ0n) is 22.0. The van der Waals surface area contributed by atoms with E-state index in [9.17, 15) is 14.7 Å². The lowest BCUT2D eigenvalue weighted by Gasteiger charge is -2.22. The number of thioether (sulfide) groups is 1. The van der Waals surface area contributed by atoms with Crippen LogP contribution in [0.4, 0.5) is 4.79 Å². The van der Waals surface area contributed by atoms with Gasteiger partial charge in [-0.25, -0.2) is 9.59 Å². The van der Waals surface area contributed by atoms with Gasteiger partial charge in [0.15, 0.2) is 11.9 Å². The number of hydrogen-bond donors (Lipinski definition) is 1. The number of carbonyl (C=O) groups is 2. The number of carboxylic acid groups (broad SMARTS) is 1. The summed E-state index contributed by atoms with van der Waals surface area (Å²) < 4.78 is 16.7. The van der Waals surface area contributed by atoms with Crippen molar-refractivity contribution in [2.75, 3.05) is 32.1 Å². The summed E-state index contributed by atoms with van der Waals surface area (Å²) in [6.07, 6.45) is 0.667. The molecule has 3 aromatic rings. The van der Waals surface area contributed by atoms with Crippen LogP contribution in [0, 0.1) is 0 Å². The SMILES string of the molecule is CCOC(Cc1ccc(OCCN(CCCCSc2ccccc2)C(=O)Oc2ccccc2Cl)cc1)C(=O)O. The van der Waals surface area contributed by atoms with E-state index in [0.29, 0.717) is 36.2 Å². The minimum absolute atomic E-state index is 0.270. The summed E-state index contributed by atoms with van der Waals surface area (Å²) in [5.74, 6) is 0.907. The first-order chi connectivity index (χ1) is 19.0. The Morgan fingerprint density at radius 1 is 0.949 bits per heavy atom. The second-order valence-electron chi connectivity index (χ2n) is 8.63. The van der Waals surface area contributed by atoms with E-state index in [4.69, 9.17) is 25.8 Å². The summed E-state index contributed by atoms with van der Waals surface area (Å²) in [7, 11) is 0. The lowest BCUT2D eigenvalue weighted by molar-refractivity contribution is -0.149. The van der Waals surface area contributed by atoms with Crippen LogP contribution in [0.15, 0.2) is 83.8 Å². The Hall–Kier alpha value is -3.20. The zero-order chi connectivity index (χ0) is 27.9. The fourth-order valence-electron chi connectivity index (χ4n) is 3.72. The van der Waals surface area contributed by atoms with Crippen molar-refractivity contribution in [3.8, 4) is 11.5 Å². The number of halogens is 1. The highest BCUT2D eigenvalue weighted by molar-refractivity contribution is 7.99. The van der Waals surface area contributed by atoms with Gasteiger partial charge in [0, 0.05) is 24.5 Å². The third-order valence-corrected chi connectivity index (χ3v) is 7.15. The predicted molar refractivity (Wildman–Crippen MR) is 154 cm³/mol. The third kappa shape index (κ3) is 10.8. The van der Waals surface area contributed by atoms with Gasteiger partial charge in [0.2, 0.25) is 0 Å². The number of ether oxygens (including phenoxy) is 3. The fourth-order valence-corrected chi connectivity index (χ4v) is 4.83. The molecule has 0 spiro atoms. The van der Waals surface area contributed by atoms with Crippen LogP contribution in [-0.2, 0) is 16.0 Å².